The number of carbonyl (C=O) groups excluding carboxylic acids is 1. The van der Waals surface area contributed by atoms with Crippen LogP contribution in [0.3, 0.4) is 0 Å². The van der Waals surface area contributed by atoms with Gasteiger partial charge in [-0.25, -0.2) is 13.1 Å². The van der Waals surface area contributed by atoms with E-state index in [0.29, 0.717) is 37.6 Å². The first-order valence-electron chi connectivity index (χ1n) is 7.73. The van der Waals surface area contributed by atoms with Gasteiger partial charge in [0, 0.05) is 24.1 Å². The second-order valence-corrected chi connectivity index (χ2v) is 7.69. The summed E-state index contributed by atoms with van der Waals surface area (Å²) < 4.78 is 37.4. The second-order valence-electron chi connectivity index (χ2n) is 5.64. The summed E-state index contributed by atoms with van der Waals surface area (Å²) in [6.07, 6.45) is 0.635. The lowest BCUT2D eigenvalue weighted by atomic mass is 9.98. The first kappa shape index (κ1) is 17.9. The largest absolute Gasteiger partial charge is 0.493 e. The van der Waals surface area contributed by atoms with Crippen LogP contribution in [0.25, 0.3) is 0 Å². The van der Waals surface area contributed by atoms with Gasteiger partial charge in [-0.3, -0.25) is 4.79 Å². The van der Waals surface area contributed by atoms with Crippen molar-refractivity contribution in [2.75, 3.05) is 25.6 Å². The molecule has 0 aliphatic carbocycles. The molecule has 0 amide bonds. The van der Waals surface area contributed by atoms with Crippen molar-refractivity contribution in [3.63, 3.8) is 0 Å². The fourth-order valence-corrected chi connectivity index (χ4v) is 3.36. The molecule has 1 aliphatic rings. The average Bonchev–Trinajstić information content (AvgIpc) is 2.54. The van der Waals surface area contributed by atoms with Gasteiger partial charge in [0.25, 0.3) is 0 Å². The molecule has 1 heterocycles. The highest BCUT2D eigenvalue weighted by Gasteiger charge is 2.29. The van der Waals surface area contributed by atoms with Crippen LogP contribution in [0.2, 0.25) is 0 Å². The van der Waals surface area contributed by atoms with E-state index in [-0.39, 0.29) is 23.5 Å². The molecular formula is C16H23NO5S. The fourth-order valence-electron chi connectivity index (χ4n) is 2.42. The van der Waals surface area contributed by atoms with Crippen LogP contribution in [0.5, 0.6) is 5.75 Å². The number of nitrogens with one attached hydrogen (secondary N) is 1. The molecule has 0 radical (unpaired) electrons. The van der Waals surface area contributed by atoms with Gasteiger partial charge in [0.15, 0.2) is 5.78 Å². The third-order valence-electron chi connectivity index (χ3n) is 3.91. The number of carbonyl (C=O) groups is 1. The van der Waals surface area contributed by atoms with Gasteiger partial charge in [-0.1, -0.05) is 0 Å². The Balaban J connectivity index is 1.95. The van der Waals surface area contributed by atoms with Gasteiger partial charge in [0.2, 0.25) is 10.0 Å². The van der Waals surface area contributed by atoms with E-state index in [9.17, 15) is 13.2 Å². The molecule has 1 fully saturated rings. The van der Waals surface area contributed by atoms with E-state index in [2.05, 4.69) is 4.72 Å². The van der Waals surface area contributed by atoms with E-state index in [1.54, 1.807) is 31.2 Å². The Morgan fingerprint density at radius 1 is 1.35 bits per heavy atom. The van der Waals surface area contributed by atoms with E-state index in [1.807, 2.05) is 0 Å². The Morgan fingerprint density at radius 2 is 2.04 bits per heavy atom. The fraction of sp³-hybridized carbons (Fsp3) is 0.562. The van der Waals surface area contributed by atoms with Crippen LogP contribution in [0, 0.1) is 5.92 Å². The lowest BCUT2D eigenvalue weighted by Gasteiger charge is -2.31. The smallest absolute Gasteiger partial charge is 0.211 e. The molecule has 1 N–H and O–H groups in total. The second kappa shape index (κ2) is 7.90. The van der Waals surface area contributed by atoms with E-state index in [0.717, 1.165) is 0 Å². The molecule has 2 rings (SSSR count). The van der Waals surface area contributed by atoms with Crippen molar-refractivity contribution in [2.45, 2.75) is 26.3 Å². The predicted molar refractivity (Wildman–Crippen MR) is 87.3 cm³/mol. The maximum Gasteiger partial charge on any atom is 0.211 e. The summed E-state index contributed by atoms with van der Waals surface area (Å²) in [5.41, 5.74) is 0.631. The third kappa shape index (κ3) is 5.30. The SMILES string of the molecule is CCS(=O)(=O)N[C@@H]1CCOC[C@H]1COc1ccc(C(C)=O)cc1. The lowest BCUT2D eigenvalue weighted by molar-refractivity contribution is 0.0186. The maximum atomic E-state index is 11.8. The van der Waals surface area contributed by atoms with Crippen LogP contribution >= 0.6 is 0 Å². The molecule has 0 spiro atoms. The number of hydrogen-bond acceptors (Lipinski definition) is 5. The van der Waals surface area contributed by atoms with Crippen LogP contribution < -0.4 is 9.46 Å². The minimum Gasteiger partial charge on any atom is -0.493 e. The van der Waals surface area contributed by atoms with Gasteiger partial charge < -0.3 is 9.47 Å². The van der Waals surface area contributed by atoms with Gasteiger partial charge in [-0.2, -0.15) is 0 Å². The van der Waals surface area contributed by atoms with E-state index in [1.165, 1.54) is 6.92 Å². The number of hydrogen-bond donors (Lipinski definition) is 1. The summed E-state index contributed by atoms with van der Waals surface area (Å²) >= 11 is 0. The Bertz CT molecular complexity index is 626. The number of benzene rings is 1. The van der Waals surface area contributed by atoms with Crippen LogP contribution in [0.1, 0.15) is 30.6 Å². The van der Waals surface area contributed by atoms with Gasteiger partial charge >= 0.3 is 0 Å². The summed E-state index contributed by atoms with van der Waals surface area (Å²) in [6.45, 7) is 4.49. The van der Waals surface area contributed by atoms with Gasteiger partial charge in [0.05, 0.1) is 19.0 Å². The van der Waals surface area contributed by atoms with Gasteiger partial charge in [0.1, 0.15) is 5.75 Å². The highest BCUT2D eigenvalue weighted by atomic mass is 32.2. The molecule has 128 valence electrons. The Hall–Kier alpha value is -1.44. The van der Waals surface area contributed by atoms with Crippen LogP contribution in [0.15, 0.2) is 24.3 Å². The highest BCUT2D eigenvalue weighted by Crippen LogP contribution is 2.19. The molecule has 23 heavy (non-hydrogen) atoms. The summed E-state index contributed by atoms with van der Waals surface area (Å²) in [6, 6.07) is 6.74. The first-order valence-corrected chi connectivity index (χ1v) is 9.38. The van der Waals surface area contributed by atoms with E-state index < -0.39 is 10.0 Å². The van der Waals surface area contributed by atoms with Gasteiger partial charge in [-0.15, -0.1) is 0 Å². The van der Waals surface area contributed by atoms with Crippen molar-refractivity contribution in [2.24, 2.45) is 5.92 Å². The van der Waals surface area contributed by atoms with Crippen molar-refractivity contribution in [3.8, 4) is 5.75 Å². The van der Waals surface area contributed by atoms with Crippen molar-refractivity contribution in [1.29, 1.82) is 0 Å². The third-order valence-corrected chi connectivity index (χ3v) is 5.33. The van der Waals surface area contributed by atoms with Crippen LogP contribution in [-0.2, 0) is 14.8 Å². The summed E-state index contributed by atoms with van der Waals surface area (Å²) in [5, 5.41) is 0. The van der Waals surface area contributed by atoms with Crippen molar-refractivity contribution >= 4 is 15.8 Å². The minimum atomic E-state index is -3.25. The lowest BCUT2D eigenvalue weighted by Crippen LogP contribution is -2.47. The number of sulfonamides is 1. The van der Waals surface area contributed by atoms with E-state index >= 15 is 0 Å². The summed E-state index contributed by atoms with van der Waals surface area (Å²) in [4.78, 5) is 11.2. The molecule has 0 saturated carbocycles. The monoisotopic (exact) mass is 341 g/mol. The molecule has 2 atom stereocenters. The molecule has 1 aromatic carbocycles. The Kier molecular flexibility index (Phi) is 6.15. The zero-order chi connectivity index (χ0) is 16.9. The first-order chi connectivity index (χ1) is 10.9. The van der Waals surface area contributed by atoms with Gasteiger partial charge in [-0.05, 0) is 44.5 Å². The quantitative estimate of drug-likeness (QED) is 0.762. The molecule has 1 aliphatic heterocycles. The molecule has 1 saturated heterocycles. The summed E-state index contributed by atoms with van der Waals surface area (Å²) in [5.74, 6) is 0.672. The number of Topliss-reactive ketones (excluding diaryl/α,β-unsaturated/α-hetero) is 1. The molecule has 6 nitrogen and oxygen atoms in total. The molecule has 0 bridgehead atoms. The van der Waals surface area contributed by atoms with E-state index in [4.69, 9.17) is 9.47 Å². The van der Waals surface area contributed by atoms with Crippen LogP contribution in [0.4, 0.5) is 0 Å². The standard InChI is InChI=1S/C16H23NO5S/c1-3-23(19,20)17-16-8-9-21-10-14(16)11-22-15-6-4-13(5-7-15)12(2)18/h4-7,14,16-17H,3,8-11H2,1-2H3/t14-,16+/m0/s1. The molecule has 0 aromatic heterocycles. The topological polar surface area (TPSA) is 81.7 Å². The number of rotatable bonds is 7. The summed E-state index contributed by atoms with van der Waals surface area (Å²) in [7, 11) is -3.25. The minimum absolute atomic E-state index is 0.00580. The van der Waals surface area contributed by atoms with Crippen molar-refractivity contribution < 1.29 is 22.7 Å². The Morgan fingerprint density at radius 3 is 2.65 bits per heavy atom. The highest BCUT2D eigenvalue weighted by molar-refractivity contribution is 7.89. The van der Waals surface area contributed by atoms with Crippen molar-refractivity contribution in [1.82, 2.24) is 4.72 Å². The normalized spacial score (nSPS) is 21.8. The molecular weight excluding hydrogens is 318 g/mol. The number of ether oxygens (including phenoxy) is 2. The zero-order valence-electron chi connectivity index (χ0n) is 13.4. The predicted octanol–water partition coefficient (Wildman–Crippen LogP) is 1.61. The zero-order valence-corrected chi connectivity index (χ0v) is 14.3. The van der Waals surface area contributed by atoms with Crippen LogP contribution in [-0.4, -0.2) is 45.8 Å². The molecule has 1 aromatic rings. The average molecular weight is 341 g/mol. The maximum absolute atomic E-state index is 11.8. The van der Waals surface area contributed by atoms with Crippen molar-refractivity contribution in [3.05, 3.63) is 29.8 Å². The Labute approximate surface area is 137 Å². The number of ketones is 1. The molecule has 7 heteroatoms. The molecule has 0 unspecified atom stereocenters.